The Labute approximate surface area is 165 Å². The number of esters is 1. The number of ether oxygens (including phenoxy) is 4. The number of Topliss-reactive ketones (excluding diaryl/α,β-unsaturated/α-hetero) is 1. The molecule has 0 aromatic heterocycles. The first kappa shape index (κ1) is 20.3. The number of carbonyl (C=O) groups excluding carboxylic acids is 2. The van der Waals surface area contributed by atoms with Crippen LogP contribution in [-0.4, -0.2) is 31.1 Å². The summed E-state index contributed by atoms with van der Waals surface area (Å²) in [5.41, 5.74) is 0.566. The SMILES string of the molecule is CCOC(=O)C(C)Oc1ccc2c(c1)O/C(=C\c1ccccc1OC(F)F)C2=O. The Morgan fingerprint density at radius 1 is 1.17 bits per heavy atom. The maximum Gasteiger partial charge on any atom is 0.387 e. The second-order valence-electron chi connectivity index (χ2n) is 6.03. The fourth-order valence-corrected chi connectivity index (χ4v) is 2.70. The number of hydrogen-bond acceptors (Lipinski definition) is 6. The fourth-order valence-electron chi connectivity index (χ4n) is 2.70. The average Bonchev–Trinajstić information content (AvgIpc) is 2.98. The van der Waals surface area contributed by atoms with Crippen molar-refractivity contribution in [2.45, 2.75) is 26.6 Å². The van der Waals surface area contributed by atoms with Crippen molar-refractivity contribution < 1.29 is 37.3 Å². The Kier molecular flexibility index (Phi) is 6.11. The summed E-state index contributed by atoms with van der Waals surface area (Å²) in [6.45, 7) is 0.479. The molecular weight excluding hydrogens is 386 g/mol. The minimum atomic E-state index is -2.99. The lowest BCUT2D eigenvalue weighted by atomic mass is 10.1. The van der Waals surface area contributed by atoms with Crippen LogP contribution in [0.1, 0.15) is 29.8 Å². The van der Waals surface area contributed by atoms with Crippen LogP contribution in [0.15, 0.2) is 48.2 Å². The fraction of sp³-hybridized carbons (Fsp3) is 0.238. The quantitative estimate of drug-likeness (QED) is 0.508. The Morgan fingerprint density at radius 2 is 1.93 bits per heavy atom. The van der Waals surface area contributed by atoms with Crippen molar-refractivity contribution in [3.05, 3.63) is 59.4 Å². The molecule has 1 aliphatic heterocycles. The largest absolute Gasteiger partial charge is 0.479 e. The van der Waals surface area contributed by atoms with Gasteiger partial charge in [0.2, 0.25) is 5.78 Å². The van der Waals surface area contributed by atoms with Crippen LogP contribution >= 0.6 is 0 Å². The van der Waals surface area contributed by atoms with E-state index in [1.54, 1.807) is 26.0 Å². The summed E-state index contributed by atoms with van der Waals surface area (Å²) in [7, 11) is 0. The molecular formula is C21H18F2O6. The first-order valence-corrected chi connectivity index (χ1v) is 8.84. The molecule has 29 heavy (non-hydrogen) atoms. The average molecular weight is 404 g/mol. The number of benzene rings is 2. The van der Waals surface area contributed by atoms with Crippen LogP contribution < -0.4 is 14.2 Å². The van der Waals surface area contributed by atoms with Gasteiger partial charge in [-0.25, -0.2) is 4.79 Å². The van der Waals surface area contributed by atoms with Crippen molar-refractivity contribution in [2.75, 3.05) is 6.61 Å². The van der Waals surface area contributed by atoms with Gasteiger partial charge in [0.15, 0.2) is 11.9 Å². The molecule has 2 aromatic carbocycles. The first-order chi connectivity index (χ1) is 13.9. The first-order valence-electron chi connectivity index (χ1n) is 8.84. The maximum atomic E-state index is 12.6. The summed E-state index contributed by atoms with van der Waals surface area (Å²) in [6, 6.07) is 10.6. The Morgan fingerprint density at radius 3 is 2.66 bits per heavy atom. The molecule has 0 fully saturated rings. The van der Waals surface area contributed by atoms with Crippen LogP contribution in [0.4, 0.5) is 8.78 Å². The number of allylic oxidation sites excluding steroid dienone is 1. The highest BCUT2D eigenvalue weighted by Gasteiger charge is 2.28. The lowest BCUT2D eigenvalue weighted by Crippen LogP contribution is -2.26. The van der Waals surface area contributed by atoms with Crippen LogP contribution in [0.3, 0.4) is 0 Å². The molecule has 1 aliphatic rings. The van der Waals surface area contributed by atoms with Crippen molar-refractivity contribution >= 4 is 17.8 Å². The summed E-state index contributed by atoms with van der Waals surface area (Å²) in [6.07, 6.45) is 0.500. The van der Waals surface area contributed by atoms with Gasteiger partial charge in [0.25, 0.3) is 0 Å². The summed E-state index contributed by atoms with van der Waals surface area (Å²) in [5, 5.41) is 0. The van der Waals surface area contributed by atoms with Gasteiger partial charge in [-0.05, 0) is 38.1 Å². The van der Waals surface area contributed by atoms with Crippen LogP contribution in [0, 0.1) is 0 Å². The van der Waals surface area contributed by atoms with Gasteiger partial charge in [0.1, 0.15) is 17.2 Å². The number of hydrogen-bond donors (Lipinski definition) is 0. The van der Waals surface area contributed by atoms with Gasteiger partial charge in [-0.1, -0.05) is 18.2 Å². The number of ketones is 1. The van der Waals surface area contributed by atoms with Gasteiger partial charge < -0.3 is 18.9 Å². The molecule has 0 aliphatic carbocycles. The lowest BCUT2D eigenvalue weighted by Gasteiger charge is -2.13. The van der Waals surface area contributed by atoms with Gasteiger partial charge in [-0.2, -0.15) is 8.78 Å². The van der Waals surface area contributed by atoms with E-state index in [1.165, 1.54) is 36.4 Å². The van der Waals surface area contributed by atoms with Crippen LogP contribution in [0.2, 0.25) is 0 Å². The van der Waals surface area contributed by atoms with Gasteiger partial charge in [0.05, 0.1) is 12.2 Å². The molecule has 1 atom stereocenters. The molecule has 0 saturated heterocycles. The second kappa shape index (κ2) is 8.72. The van der Waals surface area contributed by atoms with Crippen molar-refractivity contribution in [3.63, 3.8) is 0 Å². The van der Waals surface area contributed by atoms with Gasteiger partial charge in [-0.15, -0.1) is 0 Å². The van der Waals surface area contributed by atoms with Gasteiger partial charge in [-0.3, -0.25) is 4.79 Å². The zero-order chi connectivity index (χ0) is 21.0. The van der Waals surface area contributed by atoms with E-state index >= 15 is 0 Å². The van der Waals surface area contributed by atoms with Gasteiger partial charge in [0, 0.05) is 11.6 Å². The molecule has 3 rings (SSSR count). The molecule has 1 unspecified atom stereocenters. The zero-order valence-corrected chi connectivity index (χ0v) is 15.7. The second-order valence-corrected chi connectivity index (χ2v) is 6.03. The lowest BCUT2D eigenvalue weighted by molar-refractivity contribution is -0.150. The molecule has 0 radical (unpaired) electrons. The van der Waals surface area contributed by atoms with E-state index in [-0.39, 0.29) is 29.4 Å². The number of fused-ring (bicyclic) bond motifs is 1. The molecule has 6 nitrogen and oxygen atoms in total. The van der Waals surface area contributed by atoms with Crippen LogP contribution in [-0.2, 0) is 9.53 Å². The van der Waals surface area contributed by atoms with Crippen molar-refractivity contribution in [3.8, 4) is 17.2 Å². The van der Waals surface area contributed by atoms with Crippen molar-refractivity contribution in [1.29, 1.82) is 0 Å². The number of para-hydroxylation sites is 1. The Hall–Kier alpha value is -3.42. The zero-order valence-electron chi connectivity index (χ0n) is 15.7. The summed E-state index contributed by atoms with van der Waals surface area (Å²) in [4.78, 5) is 24.3. The van der Waals surface area contributed by atoms with E-state index in [4.69, 9.17) is 14.2 Å². The molecule has 0 saturated carbocycles. The van der Waals surface area contributed by atoms with E-state index in [9.17, 15) is 18.4 Å². The molecule has 1 heterocycles. The standard InChI is InChI=1S/C21H18F2O6/c1-3-26-20(25)12(2)27-14-8-9-15-17(11-14)28-18(19(15)24)10-13-6-4-5-7-16(13)29-21(22)23/h4-12,21H,3H2,1-2H3/b18-10-. The van der Waals surface area contributed by atoms with Crippen LogP contribution in [0.25, 0.3) is 6.08 Å². The summed E-state index contributed by atoms with van der Waals surface area (Å²) < 4.78 is 45.6. The molecule has 2 aromatic rings. The monoisotopic (exact) mass is 404 g/mol. The van der Waals surface area contributed by atoms with Gasteiger partial charge >= 0.3 is 12.6 Å². The van der Waals surface area contributed by atoms with E-state index in [0.29, 0.717) is 11.3 Å². The Balaban J connectivity index is 1.81. The van der Waals surface area contributed by atoms with E-state index in [2.05, 4.69) is 4.74 Å². The highest BCUT2D eigenvalue weighted by Crippen LogP contribution is 2.36. The molecule has 0 bridgehead atoms. The Bertz CT molecular complexity index is 954. The number of alkyl halides is 2. The molecule has 0 spiro atoms. The smallest absolute Gasteiger partial charge is 0.387 e. The van der Waals surface area contributed by atoms with E-state index in [0.717, 1.165) is 0 Å². The van der Waals surface area contributed by atoms with Crippen molar-refractivity contribution in [2.24, 2.45) is 0 Å². The normalized spacial score (nSPS) is 15.1. The number of halogens is 2. The minimum Gasteiger partial charge on any atom is -0.479 e. The molecule has 8 heteroatoms. The van der Waals surface area contributed by atoms with Crippen molar-refractivity contribution in [1.82, 2.24) is 0 Å². The maximum absolute atomic E-state index is 12.6. The predicted octanol–water partition coefficient (Wildman–Crippen LogP) is 4.23. The number of carbonyl (C=O) groups is 2. The van der Waals surface area contributed by atoms with E-state index in [1.807, 2.05) is 0 Å². The third-order valence-electron chi connectivity index (χ3n) is 3.99. The predicted molar refractivity (Wildman–Crippen MR) is 99.2 cm³/mol. The molecule has 0 amide bonds. The van der Waals surface area contributed by atoms with Crippen LogP contribution in [0.5, 0.6) is 17.2 Å². The molecule has 0 N–H and O–H groups in total. The minimum absolute atomic E-state index is 0.0408. The highest BCUT2D eigenvalue weighted by atomic mass is 19.3. The third-order valence-corrected chi connectivity index (χ3v) is 3.99. The summed E-state index contributed by atoms with van der Waals surface area (Å²) in [5.74, 6) is -0.476. The highest BCUT2D eigenvalue weighted by molar-refractivity contribution is 6.14. The van der Waals surface area contributed by atoms with E-state index < -0.39 is 24.5 Å². The topological polar surface area (TPSA) is 71.1 Å². The third kappa shape index (κ3) is 4.71. The molecule has 152 valence electrons. The summed E-state index contributed by atoms with van der Waals surface area (Å²) >= 11 is 0. The number of rotatable bonds is 7.